The van der Waals surface area contributed by atoms with E-state index in [0.29, 0.717) is 44.2 Å². The first kappa shape index (κ1) is 14.5. The van der Waals surface area contributed by atoms with Crippen molar-refractivity contribution >= 4 is 5.91 Å². The normalized spacial score (nSPS) is 22.7. The molecule has 7 heteroatoms. The van der Waals surface area contributed by atoms with Gasteiger partial charge in [0.1, 0.15) is 5.60 Å². The highest BCUT2D eigenvalue weighted by Gasteiger charge is 2.42. The van der Waals surface area contributed by atoms with Crippen molar-refractivity contribution in [2.45, 2.75) is 44.8 Å². The standard InChI is InChI=1S/C14H22N4O3/c1-11-15-12(21-16-11)10-17-6-8-18(9-7-17)13(19)14(20)4-2-3-5-14/h20H,2-10H2,1H3. The molecule has 2 heterocycles. The number of aryl methyl sites for hydroxylation is 1. The van der Waals surface area contributed by atoms with Crippen molar-refractivity contribution in [2.75, 3.05) is 26.2 Å². The van der Waals surface area contributed by atoms with Gasteiger partial charge in [0.2, 0.25) is 5.89 Å². The molecule has 0 radical (unpaired) electrons. The maximum absolute atomic E-state index is 12.4. The van der Waals surface area contributed by atoms with E-state index in [0.717, 1.165) is 25.9 Å². The molecule has 1 aliphatic heterocycles. The Morgan fingerprint density at radius 1 is 1.29 bits per heavy atom. The quantitative estimate of drug-likeness (QED) is 0.865. The first-order chi connectivity index (χ1) is 10.1. The van der Waals surface area contributed by atoms with Crippen molar-refractivity contribution in [2.24, 2.45) is 0 Å². The van der Waals surface area contributed by atoms with E-state index in [4.69, 9.17) is 4.52 Å². The molecule has 0 spiro atoms. The third-order valence-corrected chi connectivity index (χ3v) is 4.42. The number of piperazine rings is 1. The van der Waals surface area contributed by atoms with Gasteiger partial charge in [0, 0.05) is 26.2 Å². The van der Waals surface area contributed by atoms with Crippen molar-refractivity contribution in [3.8, 4) is 0 Å². The third kappa shape index (κ3) is 3.08. The Morgan fingerprint density at radius 3 is 2.52 bits per heavy atom. The Labute approximate surface area is 123 Å². The summed E-state index contributed by atoms with van der Waals surface area (Å²) in [6.45, 7) is 5.24. The molecule has 1 aliphatic carbocycles. The number of aliphatic hydroxyl groups is 1. The molecule has 0 unspecified atom stereocenters. The molecule has 2 fully saturated rings. The van der Waals surface area contributed by atoms with Gasteiger partial charge in [-0.1, -0.05) is 5.16 Å². The van der Waals surface area contributed by atoms with E-state index < -0.39 is 5.60 Å². The SMILES string of the molecule is Cc1noc(CN2CCN(C(=O)C3(O)CCCC3)CC2)n1. The second-order valence-electron chi connectivity index (χ2n) is 6.04. The van der Waals surface area contributed by atoms with E-state index in [1.807, 2.05) is 0 Å². The zero-order valence-electron chi connectivity index (χ0n) is 12.4. The van der Waals surface area contributed by atoms with E-state index in [1.165, 1.54) is 0 Å². The van der Waals surface area contributed by atoms with Crippen molar-refractivity contribution in [3.05, 3.63) is 11.7 Å². The van der Waals surface area contributed by atoms with Gasteiger partial charge < -0.3 is 14.5 Å². The zero-order valence-corrected chi connectivity index (χ0v) is 12.4. The second kappa shape index (κ2) is 5.73. The Bertz CT molecular complexity index is 502. The van der Waals surface area contributed by atoms with E-state index in [9.17, 15) is 9.90 Å². The fourth-order valence-electron chi connectivity index (χ4n) is 3.17. The van der Waals surface area contributed by atoms with Crippen LogP contribution in [0.15, 0.2) is 4.52 Å². The average molecular weight is 294 g/mol. The second-order valence-corrected chi connectivity index (χ2v) is 6.04. The molecule has 0 aromatic carbocycles. The smallest absolute Gasteiger partial charge is 0.254 e. The number of amides is 1. The number of carbonyl (C=O) groups is 1. The molecule has 3 rings (SSSR count). The fraction of sp³-hybridized carbons (Fsp3) is 0.786. The summed E-state index contributed by atoms with van der Waals surface area (Å²) in [7, 11) is 0. The molecule has 1 saturated carbocycles. The van der Waals surface area contributed by atoms with Gasteiger partial charge >= 0.3 is 0 Å². The lowest BCUT2D eigenvalue weighted by Crippen LogP contribution is -2.54. The van der Waals surface area contributed by atoms with Crippen molar-refractivity contribution in [3.63, 3.8) is 0 Å². The van der Waals surface area contributed by atoms with Crippen LogP contribution in [0.1, 0.15) is 37.4 Å². The van der Waals surface area contributed by atoms with Gasteiger partial charge in [-0.05, 0) is 32.6 Å². The highest BCUT2D eigenvalue weighted by atomic mass is 16.5. The van der Waals surface area contributed by atoms with Gasteiger partial charge in [0.15, 0.2) is 5.82 Å². The molecule has 0 bridgehead atoms. The fourth-order valence-corrected chi connectivity index (χ4v) is 3.17. The molecule has 2 aliphatic rings. The van der Waals surface area contributed by atoms with Gasteiger partial charge in [-0.15, -0.1) is 0 Å². The predicted molar refractivity (Wildman–Crippen MR) is 74.3 cm³/mol. The van der Waals surface area contributed by atoms with Crippen LogP contribution in [0.4, 0.5) is 0 Å². The van der Waals surface area contributed by atoms with Gasteiger partial charge in [-0.3, -0.25) is 9.69 Å². The summed E-state index contributed by atoms with van der Waals surface area (Å²) in [5, 5.41) is 14.2. The van der Waals surface area contributed by atoms with E-state index in [1.54, 1.807) is 11.8 Å². The number of rotatable bonds is 3. The number of aromatic nitrogens is 2. The summed E-state index contributed by atoms with van der Waals surface area (Å²) >= 11 is 0. The van der Waals surface area contributed by atoms with Crippen LogP contribution in [0, 0.1) is 6.92 Å². The summed E-state index contributed by atoms with van der Waals surface area (Å²) in [6, 6.07) is 0. The number of hydrogen-bond donors (Lipinski definition) is 1. The van der Waals surface area contributed by atoms with Crippen molar-refractivity contribution in [1.29, 1.82) is 0 Å². The summed E-state index contributed by atoms with van der Waals surface area (Å²) in [6.07, 6.45) is 3.10. The molecular weight excluding hydrogens is 272 g/mol. The maximum Gasteiger partial charge on any atom is 0.254 e. The zero-order chi connectivity index (χ0) is 14.9. The molecule has 0 atom stereocenters. The minimum atomic E-state index is -1.11. The Kier molecular flexibility index (Phi) is 3.95. The summed E-state index contributed by atoms with van der Waals surface area (Å²) in [4.78, 5) is 20.6. The van der Waals surface area contributed by atoms with Gasteiger partial charge in [0.05, 0.1) is 6.54 Å². The monoisotopic (exact) mass is 294 g/mol. The summed E-state index contributed by atoms with van der Waals surface area (Å²) in [5.74, 6) is 1.16. The summed E-state index contributed by atoms with van der Waals surface area (Å²) in [5.41, 5.74) is -1.11. The molecule has 7 nitrogen and oxygen atoms in total. The molecule has 21 heavy (non-hydrogen) atoms. The molecular formula is C14H22N4O3. The van der Waals surface area contributed by atoms with Crippen LogP contribution in [0.3, 0.4) is 0 Å². The Hall–Kier alpha value is -1.47. The number of carbonyl (C=O) groups excluding carboxylic acids is 1. The molecule has 1 aromatic rings. The van der Waals surface area contributed by atoms with E-state index >= 15 is 0 Å². The van der Waals surface area contributed by atoms with Crippen LogP contribution in [-0.4, -0.2) is 62.7 Å². The lowest BCUT2D eigenvalue weighted by Gasteiger charge is -2.37. The predicted octanol–water partition coefficient (Wildman–Crippen LogP) is 0.327. The first-order valence-corrected chi connectivity index (χ1v) is 7.60. The molecule has 1 N–H and O–H groups in total. The Balaban J connectivity index is 1.52. The van der Waals surface area contributed by atoms with Crippen LogP contribution in [0.25, 0.3) is 0 Å². The summed E-state index contributed by atoms with van der Waals surface area (Å²) < 4.78 is 5.12. The van der Waals surface area contributed by atoms with Crippen LogP contribution in [-0.2, 0) is 11.3 Å². The maximum atomic E-state index is 12.4. The van der Waals surface area contributed by atoms with Gasteiger partial charge in [-0.2, -0.15) is 4.98 Å². The number of nitrogens with zero attached hydrogens (tertiary/aromatic N) is 4. The minimum absolute atomic E-state index is 0.0896. The van der Waals surface area contributed by atoms with Gasteiger partial charge in [-0.25, -0.2) is 0 Å². The largest absolute Gasteiger partial charge is 0.380 e. The Morgan fingerprint density at radius 2 is 1.95 bits per heavy atom. The van der Waals surface area contributed by atoms with Crippen LogP contribution in [0.2, 0.25) is 0 Å². The third-order valence-electron chi connectivity index (χ3n) is 4.42. The van der Waals surface area contributed by atoms with E-state index in [-0.39, 0.29) is 5.91 Å². The van der Waals surface area contributed by atoms with Crippen LogP contribution >= 0.6 is 0 Å². The average Bonchev–Trinajstić information content (AvgIpc) is 3.09. The van der Waals surface area contributed by atoms with Crippen LogP contribution < -0.4 is 0 Å². The first-order valence-electron chi connectivity index (χ1n) is 7.60. The molecule has 1 saturated heterocycles. The molecule has 1 aromatic heterocycles. The lowest BCUT2D eigenvalue weighted by atomic mass is 10.00. The lowest BCUT2D eigenvalue weighted by molar-refractivity contribution is -0.152. The number of hydrogen-bond acceptors (Lipinski definition) is 6. The van der Waals surface area contributed by atoms with Crippen molar-refractivity contribution < 1.29 is 14.4 Å². The van der Waals surface area contributed by atoms with Crippen molar-refractivity contribution in [1.82, 2.24) is 19.9 Å². The van der Waals surface area contributed by atoms with E-state index in [2.05, 4.69) is 15.0 Å². The molecule has 116 valence electrons. The van der Waals surface area contributed by atoms with Crippen LogP contribution in [0.5, 0.6) is 0 Å². The molecule has 1 amide bonds. The highest BCUT2D eigenvalue weighted by Crippen LogP contribution is 2.31. The minimum Gasteiger partial charge on any atom is -0.380 e. The highest BCUT2D eigenvalue weighted by molar-refractivity contribution is 5.85. The topological polar surface area (TPSA) is 82.7 Å². The van der Waals surface area contributed by atoms with Gasteiger partial charge in [0.25, 0.3) is 5.91 Å².